The highest BCUT2D eigenvalue weighted by molar-refractivity contribution is 7.92. The predicted molar refractivity (Wildman–Crippen MR) is 80.8 cm³/mol. The van der Waals surface area contributed by atoms with E-state index in [1.54, 1.807) is 36.4 Å². The summed E-state index contributed by atoms with van der Waals surface area (Å²) in [6, 6.07) is 11.6. The van der Waals surface area contributed by atoms with E-state index < -0.39 is 10.0 Å². The van der Waals surface area contributed by atoms with Gasteiger partial charge in [0.15, 0.2) is 5.75 Å². The van der Waals surface area contributed by atoms with Crippen molar-refractivity contribution in [3.05, 3.63) is 47.5 Å². The van der Waals surface area contributed by atoms with Gasteiger partial charge in [0, 0.05) is 5.69 Å². The van der Waals surface area contributed by atoms with Crippen LogP contribution in [0.5, 0.6) is 11.5 Å². The van der Waals surface area contributed by atoms with Crippen molar-refractivity contribution >= 4 is 33.0 Å². The average Bonchev–Trinajstić information content (AvgIpc) is 2.33. The zero-order valence-electron chi connectivity index (χ0n) is 10.6. The molecular formula is C13H13ClN2O3S. The fraction of sp³-hybridized carbons (Fsp3) is 0.0769. The molecule has 0 amide bonds. The molecule has 3 N–H and O–H groups in total. The molecule has 0 unspecified atom stereocenters. The summed E-state index contributed by atoms with van der Waals surface area (Å²) >= 11 is 6.00. The van der Waals surface area contributed by atoms with Gasteiger partial charge in [-0.3, -0.25) is 4.72 Å². The molecule has 0 fully saturated rings. The van der Waals surface area contributed by atoms with Gasteiger partial charge >= 0.3 is 0 Å². The number of nitrogen functional groups attached to an aromatic ring is 1. The maximum Gasteiger partial charge on any atom is 0.229 e. The van der Waals surface area contributed by atoms with Gasteiger partial charge < -0.3 is 10.5 Å². The number of sulfonamides is 1. The van der Waals surface area contributed by atoms with E-state index in [0.29, 0.717) is 22.2 Å². The van der Waals surface area contributed by atoms with Crippen LogP contribution >= 0.6 is 11.6 Å². The summed E-state index contributed by atoms with van der Waals surface area (Å²) < 4.78 is 30.7. The summed E-state index contributed by atoms with van der Waals surface area (Å²) in [5.74, 6) is 0.744. The topological polar surface area (TPSA) is 81.4 Å². The van der Waals surface area contributed by atoms with E-state index >= 15 is 0 Å². The van der Waals surface area contributed by atoms with Crippen molar-refractivity contribution in [2.24, 2.45) is 0 Å². The van der Waals surface area contributed by atoms with Crippen LogP contribution in [0.25, 0.3) is 0 Å². The van der Waals surface area contributed by atoms with Crippen LogP contribution < -0.4 is 15.2 Å². The highest BCUT2D eigenvalue weighted by Crippen LogP contribution is 2.34. The second kappa shape index (κ2) is 5.60. The molecule has 0 aliphatic heterocycles. The van der Waals surface area contributed by atoms with Gasteiger partial charge in [-0.25, -0.2) is 8.42 Å². The van der Waals surface area contributed by atoms with Crippen molar-refractivity contribution in [1.82, 2.24) is 0 Å². The first-order valence-electron chi connectivity index (χ1n) is 5.65. The largest absolute Gasteiger partial charge is 0.454 e. The second-order valence-corrected chi connectivity index (χ2v) is 6.32. The van der Waals surface area contributed by atoms with Gasteiger partial charge in [0.2, 0.25) is 10.0 Å². The van der Waals surface area contributed by atoms with Gasteiger partial charge in [-0.15, -0.1) is 0 Å². The third kappa shape index (κ3) is 3.79. The minimum Gasteiger partial charge on any atom is -0.454 e. The van der Waals surface area contributed by atoms with Gasteiger partial charge in [-0.1, -0.05) is 23.7 Å². The molecule has 2 rings (SSSR count). The Morgan fingerprint density at radius 3 is 2.50 bits per heavy atom. The average molecular weight is 313 g/mol. The fourth-order valence-electron chi connectivity index (χ4n) is 1.56. The summed E-state index contributed by atoms with van der Waals surface area (Å²) in [5.41, 5.74) is 6.33. The summed E-state index contributed by atoms with van der Waals surface area (Å²) in [7, 11) is -3.44. The molecule has 2 aromatic carbocycles. The predicted octanol–water partition coefficient (Wildman–Crippen LogP) is 3.09. The lowest BCUT2D eigenvalue weighted by Crippen LogP contribution is -2.10. The molecule has 0 radical (unpaired) electrons. The Hall–Kier alpha value is -1.92. The number of nitrogens with one attached hydrogen (secondary N) is 1. The number of para-hydroxylation sites is 1. The van der Waals surface area contributed by atoms with E-state index in [4.69, 9.17) is 22.1 Å². The quantitative estimate of drug-likeness (QED) is 0.850. The van der Waals surface area contributed by atoms with Crippen LogP contribution in [0.1, 0.15) is 0 Å². The summed E-state index contributed by atoms with van der Waals surface area (Å²) in [5, 5.41) is 0.426. The lowest BCUT2D eigenvalue weighted by molar-refractivity contribution is 0.485. The lowest BCUT2D eigenvalue weighted by Gasteiger charge is -2.13. The van der Waals surface area contributed by atoms with Crippen LogP contribution in [0.3, 0.4) is 0 Å². The maximum absolute atomic E-state index is 11.4. The third-order valence-corrected chi connectivity index (χ3v) is 3.26. The van der Waals surface area contributed by atoms with Crippen LogP contribution in [0, 0.1) is 0 Å². The molecule has 106 valence electrons. The third-order valence-electron chi connectivity index (χ3n) is 2.36. The molecule has 0 aliphatic carbocycles. The summed E-state index contributed by atoms with van der Waals surface area (Å²) in [6.45, 7) is 0. The number of rotatable bonds is 4. The summed E-state index contributed by atoms with van der Waals surface area (Å²) in [4.78, 5) is 0. The van der Waals surface area contributed by atoms with Crippen LogP contribution in [0.2, 0.25) is 5.02 Å². The number of anilines is 2. The zero-order chi connectivity index (χ0) is 14.8. The van der Waals surface area contributed by atoms with Crippen molar-refractivity contribution in [3.8, 4) is 11.5 Å². The highest BCUT2D eigenvalue weighted by atomic mass is 35.5. The molecule has 2 aromatic rings. The number of halogens is 1. The van der Waals surface area contributed by atoms with Gasteiger partial charge in [0.05, 0.1) is 17.0 Å². The number of ether oxygens (including phenoxy) is 1. The minimum absolute atomic E-state index is 0.257. The molecule has 0 saturated carbocycles. The van der Waals surface area contributed by atoms with E-state index in [2.05, 4.69) is 4.72 Å². The molecule has 0 aliphatic rings. The van der Waals surface area contributed by atoms with Crippen molar-refractivity contribution in [2.75, 3.05) is 16.7 Å². The van der Waals surface area contributed by atoms with E-state index in [9.17, 15) is 8.42 Å². The van der Waals surface area contributed by atoms with Gasteiger partial charge in [0.1, 0.15) is 5.75 Å². The first kappa shape index (κ1) is 14.5. The van der Waals surface area contributed by atoms with E-state index in [1.807, 2.05) is 0 Å². The van der Waals surface area contributed by atoms with E-state index in [0.717, 1.165) is 6.26 Å². The minimum atomic E-state index is -3.44. The highest BCUT2D eigenvalue weighted by Gasteiger charge is 2.11. The standard InChI is InChI=1S/C13H13ClN2O3S/c1-20(17,18)16-11-8-9(15)6-7-13(11)19-12-5-3-2-4-10(12)14/h2-8,16H,15H2,1H3. The molecule has 0 spiro atoms. The second-order valence-electron chi connectivity index (χ2n) is 4.16. The summed E-state index contributed by atoms with van der Waals surface area (Å²) in [6.07, 6.45) is 1.05. The van der Waals surface area contributed by atoms with E-state index in [1.165, 1.54) is 6.07 Å². The van der Waals surface area contributed by atoms with Crippen LogP contribution in [0.4, 0.5) is 11.4 Å². The normalized spacial score (nSPS) is 11.1. The van der Waals surface area contributed by atoms with Crippen LogP contribution in [-0.2, 0) is 10.0 Å². The van der Waals surface area contributed by atoms with Gasteiger partial charge in [-0.2, -0.15) is 0 Å². The van der Waals surface area contributed by atoms with Crippen molar-refractivity contribution in [2.45, 2.75) is 0 Å². The molecule has 0 bridgehead atoms. The molecular weight excluding hydrogens is 300 g/mol. The van der Waals surface area contributed by atoms with Crippen molar-refractivity contribution in [3.63, 3.8) is 0 Å². The van der Waals surface area contributed by atoms with Crippen LogP contribution in [-0.4, -0.2) is 14.7 Å². The van der Waals surface area contributed by atoms with Gasteiger partial charge in [0.25, 0.3) is 0 Å². The molecule has 0 aromatic heterocycles. The Morgan fingerprint density at radius 1 is 1.15 bits per heavy atom. The van der Waals surface area contributed by atoms with Crippen molar-refractivity contribution < 1.29 is 13.2 Å². The number of hydrogen-bond donors (Lipinski definition) is 2. The van der Waals surface area contributed by atoms with Crippen LogP contribution in [0.15, 0.2) is 42.5 Å². The Balaban J connectivity index is 2.39. The smallest absolute Gasteiger partial charge is 0.229 e. The first-order valence-corrected chi connectivity index (χ1v) is 7.92. The molecule has 5 nitrogen and oxygen atoms in total. The maximum atomic E-state index is 11.4. The molecule has 20 heavy (non-hydrogen) atoms. The number of benzene rings is 2. The lowest BCUT2D eigenvalue weighted by atomic mass is 10.2. The van der Waals surface area contributed by atoms with Gasteiger partial charge in [-0.05, 0) is 30.3 Å². The molecule has 0 heterocycles. The Labute approximate surface area is 122 Å². The Kier molecular flexibility index (Phi) is 4.06. The SMILES string of the molecule is CS(=O)(=O)Nc1cc(N)ccc1Oc1ccccc1Cl. The van der Waals surface area contributed by atoms with E-state index in [-0.39, 0.29) is 5.69 Å². The molecule has 0 saturated heterocycles. The molecule has 7 heteroatoms. The molecule has 0 atom stereocenters. The zero-order valence-corrected chi connectivity index (χ0v) is 12.2. The monoisotopic (exact) mass is 312 g/mol. The fourth-order valence-corrected chi connectivity index (χ4v) is 2.30. The first-order chi connectivity index (χ1) is 9.35. The number of hydrogen-bond acceptors (Lipinski definition) is 4. The van der Waals surface area contributed by atoms with Crippen molar-refractivity contribution in [1.29, 1.82) is 0 Å². The Morgan fingerprint density at radius 2 is 1.85 bits per heavy atom. The number of nitrogens with two attached hydrogens (primary N) is 1. The Bertz CT molecular complexity index is 732.